The molecule has 19 heavy (non-hydrogen) atoms. The Morgan fingerprint density at radius 2 is 1.89 bits per heavy atom. The van der Waals surface area contributed by atoms with Crippen LogP contribution in [0, 0.1) is 5.92 Å². The van der Waals surface area contributed by atoms with Crippen molar-refractivity contribution in [2.24, 2.45) is 5.92 Å². The van der Waals surface area contributed by atoms with Gasteiger partial charge in [-0.2, -0.15) is 0 Å². The minimum Gasteiger partial charge on any atom is -0.481 e. The molecule has 104 valence electrons. The zero-order chi connectivity index (χ0) is 14.4. The summed E-state index contributed by atoms with van der Waals surface area (Å²) in [6.07, 6.45) is 1.26. The molecule has 1 atom stereocenters. The van der Waals surface area contributed by atoms with Crippen molar-refractivity contribution in [3.63, 3.8) is 0 Å². The van der Waals surface area contributed by atoms with Crippen LogP contribution in [0.4, 0.5) is 4.39 Å². The summed E-state index contributed by atoms with van der Waals surface area (Å²) in [5.74, 6) is -1.23. The number of rotatable bonds is 6. The first-order chi connectivity index (χ1) is 8.90. The van der Waals surface area contributed by atoms with Gasteiger partial charge in [0.15, 0.2) is 0 Å². The number of hydrogen-bond acceptors (Lipinski definition) is 1. The van der Waals surface area contributed by atoms with Gasteiger partial charge in [0.2, 0.25) is 0 Å². The van der Waals surface area contributed by atoms with Gasteiger partial charge in [0.1, 0.15) is 0 Å². The highest BCUT2D eigenvalue weighted by Gasteiger charge is 2.15. The van der Waals surface area contributed by atoms with Crippen molar-refractivity contribution in [2.45, 2.75) is 32.6 Å². The molecule has 4 heteroatoms. The van der Waals surface area contributed by atoms with Crippen molar-refractivity contribution in [1.82, 2.24) is 0 Å². The van der Waals surface area contributed by atoms with Gasteiger partial charge in [-0.3, -0.25) is 4.79 Å². The molecule has 1 unspecified atom stereocenters. The lowest BCUT2D eigenvalue weighted by atomic mass is 9.87. The van der Waals surface area contributed by atoms with Crippen molar-refractivity contribution in [3.05, 3.63) is 46.8 Å². The van der Waals surface area contributed by atoms with Crippen LogP contribution in [0.2, 0.25) is 5.02 Å². The monoisotopic (exact) mass is 284 g/mol. The average Bonchev–Trinajstić information content (AvgIpc) is 2.34. The lowest BCUT2D eigenvalue weighted by Crippen LogP contribution is -2.05. The third kappa shape index (κ3) is 5.43. The Labute approximate surface area is 117 Å². The average molecular weight is 285 g/mol. The number of halogens is 2. The smallest absolute Gasteiger partial charge is 0.303 e. The van der Waals surface area contributed by atoms with Crippen LogP contribution in [0.25, 0.3) is 0 Å². The molecular formula is C15H18ClFO2. The number of hydrogen-bond donors (Lipinski definition) is 1. The van der Waals surface area contributed by atoms with E-state index in [4.69, 9.17) is 16.7 Å². The molecule has 0 aliphatic heterocycles. The topological polar surface area (TPSA) is 37.3 Å². The fourth-order valence-electron chi connectivity index (χ4n) is 1.86. The number of aliphatic carboxylic acids is 1. The molecule has 0 bridgehead atoms. The second kappa shape index (κ2) is 7.29. The lowest BCUT2D eigenvalue weighted by molar-refractivity contribution is -0.137. The molecule has 1 N–H and O–H groups in total. The van der Waals surface area contributed by atoms with Gasteiger partial charge < -0.3 is 5.11 Å². The van der Waals surface area contributed by atoms with Crippen molar-refractivity contribution in [3.8, 4) is 0 Å². The first-order valence-electron chi connectivity index (χ1n) is 6.23. The third-order valence-electron chi connectivity index (χ3n) is 2.91. The Hall–Kier alpha value is -1.35. The summed E-state index contributed by atoms with van der Waals surface area (Å²) >= 11 is 5.83. The van der Waals surface area contributed by atoms with Gasteiger partial charge in [-0.25, -0.2) is 4.39 Å². The summed E-state index contributed by atoms with van der Waals surface area (Å²) in [6.45, 7) is 4.00. The Balaban J connectivity index is 2.86. The molecule has 0 saturated carbocycles. The Kier molecular flexibility index (Phi) is 6.03. The van der Waals surface area contributed by atoms with Crippen molar-refractivity contribution in [2.75, 3.05) is 0 Å². The van der Waals surface area contributed by atoms with E-state index < -0.39 is 5.97 Å². The second-order valence-corrected chi connectivity index (χ2v) is 5.27. The highest BCUT2D eigenvalue weighted by Crippen LogP contribution is 2.29. The summed E-state index contributed by atoms with van der Waals surface area (Å²) < 4.78 is 13.7. The molecule has 0 heterocycles. The summed E-state index contributed by atoms with van der Waals surface area (Å²) in [4.78, 5) is 10.4. The normalized spacial score (nSPS) is 13.6. The van der Waals surface area contributed by atoms with Crippen molar-refractivity contribution >= 4 is 17.6 Å². The molecule has 0 radical (unpaired) electrons. The molecule has 0 aromatic heterocycles. The number of benzene rings is 1. The Morgan fingerprint density at radius 1 is 1.32 bits per heavy atom. The van der Waals surface area contributed by atoms with E-state index in [-0.39, 0.29) is 30.5 Å². The molecule has 0 amide bonds. The van der Waals surface area contributed by atoms with E-state index in [1.807, 2.05) is 26.0 Å². The molecule has 2 nitrogen and oxygen atoms in total. The molecule has 1 rings (SSSR count). The van der Waals surface area contributed by atoms with E-state index in [0.717, 1.165) is 5.56 Å². The van der Waals surface area contributed by atoms with Crippen LogP contribution in [0.1, 0.15) is 38.2 Å². The van der Waals surface area contributed by atoms with Crippen molar-refractivity contribution in [1.29, 1.82) is 0 Å². The first-order valence-corrected chi connectivity index (χ1v) is 6.61. The minimum absolute atomic E-state index is 0.0634. The maximum absolute atomic E-state index is 13.7. The fraction of sp³-hybridized carbons (Fsp3) is 0.400. The quantitative estimate of drug-likeness (QED) is 0.815. The summed E-state index contributed by atoms with van der Waals surface area (Å²) in [7, 11) is 0. The van der Waals surface area contributed by atoms with Gasteiger partial charge in [-0.15, -0.1) is 0 Å². The van der Waals surface area contributed by atoms with Crippen LogP contribution in [0.15, 0.2) is 36.2 Å². The predicted octanol–water partition coefficient (Wildman–Crippen LogP) is 4.80. The van der Waals surface area contributed by atoms with Gasteiger partial charge in [0.25, 0.3) is 0 Å². The number of carboxylic acids is 1. The summed E-state index contributed by atoms with van der Waals surface area (Å²) in [5.41, 5.74) is 0.977. The van der Waals surface area contributed by atoms with E-state index in [0.29, 0.717) is 5.02 Å². The number of carbonyl (C=O) groups is 1. The molecule has 1 aromatic rings. The van der Waals surface area contributed by atoms with Gasteiger partial charge >= 0.3 is 5.97 Å². The Morgan fingerprint density at radius 3 is 2.37 bits per heavy atom. The highest BCUT2D eigenvalue weighted by atomic mass is 35.5. The van der Waals surface area contributed by atoms with Gasteiger partial charge in [0, 0.05) is 17.4 Å². The molecule has 0 spiro atoms. The maximum Gasteiger partial charge on any atom is 0.303 e. The maximum atomic E-state index is 13.7. The lowest BCUT2D eigenvalue weighted by Gasteiger charge is -2.18. The predicted molar refractivity (Wildman–Crippen MR) is 75.1 cm³/mol. The third-order valence-corrected chi connectivity index (χ3v) is 3.16. The van der Waals surface area contributed by atoms with Gasteiger partial charge in [-0.1, -0.05) is 37.6 Å². The van der Waals surface area contributed by atoms with Crippen LogP contribution in [-0.4, -0.2) is 11.1 Å². The van der Waals surface area contributed by atoms with Crippen LogP contribution in [-0.2, 0) is 4.79 Å². The summed E-state index contributed by atoms with van der Waals surface area (Å²) in [5, 5.41) is 9.19. The fourth-order valence-corrected chi connectivity index (χ4v) is 1.99. The van der Waals surface area contributed by atoms with E-state index in [2.05, 4.69) is 0 Å². The largest absolute Gasteiger partial charge is 0.481 e. The first kappa shape index (κ1) is 15.7. The van der Waals surface area contributed by atoms with Crippen LogP contribution >= 0.6 is 11.6 Å². The van der Waals surface area contributed by atoms with Crippen LogP contribution in [0.3, 0.4) is 0 Å². The summed E-state index contributed by atoms with van der Waals surface area (Å²) in [6, 6.07) is 7.28. The number of carboxylic acid groups (broad SMARTS) is 1. The van der Waals surface area contributed by atoms with E-state index >= 15 is 0 Å². The minimum atomic E-state index is -0.990. The molecule has 0 aliphatic rings. The van der Waals surface area contributed by atoms with Crippen LogP contribution in [0.5, 0.6) is 0 Å². The van der Waals surface area contributed by atoms with E-state index in [1.54, 1.807) is 12.1 Å². The van der Waals surface area contributed by atoms with Gasteiger partial charge in [-0.05, 0) is 29.7 Å². The highest BCUT2D eigenvalue weighted by molar-refractivity contribution is 6.30. The zero-order valence-electron chi connectivity index (χ0n) is 11.1. The second-order valence-electron chi connectivity index (χ2n) is 4.83. The molecule has 0 saturated heterocycles. The molecule has 1 aromatic carbocycles. The molecular weight excluding hydrogens is 267 g/mol. The standard InChI is InChI=1S/C15H18ClFO2/c1-10(2)14(9-13(17)7-8-15(18)19)11-3-5-12(16)6-4-11/h3-6,9-10,14H,7-8H2,1-2H3,(H,18,19)/b13-9-. The Bertz CT molecular complexity index is 452. The van der Waals surface area contributed by atoms with Crippen LogP contribution < -0.4 is 0 Å². The molecule has 0 fully saturated rings. The van der Waals surface area contributed by atoms with E-state index in [1.165, 1.54) is 6.08 Å². The SMILES string of the molecule is CC(C)C(/C=C(\F)CCC(=O)O)c1ccc(Cl)cc1. The zero-order valence-corrected chi connectivity index (χ0v) is 11.8. The van der Waals surface area contributed by atoms with Crippen molar-refractivity contribution < 1.29 is 14.3 Å². The van der Waals surface area contributed by atoms with Gasteiger partial charge in [0.05, 0.1) is 12.2 Å². The number of allylic oxidation sites excluding steroid dienone is 2. The molecule has 0 aliphatic carbocycles. The van der Waals surface area contributed by atoms with E-state index in [9.17, 15) is 9.18 Å².